The van der Waals surface area contributed by atoms with E-state index >= 15 is 0 Å². The molecule has 6 heteroatoms. The summed E-state index contributed by atoms with van der Waals surface area (Å²) in [6.45, 7) is 5.15. The predicted molar refractivity (Wildman–Crippen MR) is 136 cm³/mol. The molecule has 0 aliphatic carbocycles. The number of ketones is 1. The number of benzene rings is 3. The summed E-state index contributed by atoms with van der Waals surface area (Å²) in [5.41, 5.74) is 4.24. The Labute approximate surface area is 204 Å². The highest BCUT2D eigenvalue weighted by molar-refractivity contribution is 6.15. The molecule has 0 bridgehead atoms. The molecule has 3 aromatic carbocycles. The lowest BCUT2D eigenvalue weighted by Crippen LogP contribution is -2.00. The van der Waals surface area contributed by atoms with Crippen molar-refractivity contribution < 1.29 is 23.7 Å². The number of methoxy groups -OCH3 is 2. The number of fused-ring (bicyclic) bond motifs is 2. The quantitative estimate of drug-likeness (QED) is 0.303. The average molecular weight is 470 g/mol. The molecule has 1 aromatic heterocycles. The molecule has 0 saturated carbocycles. The van der Waals surface area contributed by atoms with Crippen LogP contribution in [-0.2, 0) is 13.2 Å². The number of nitrogens with zero attached hydrogens (tertiary/aromatic N) is 1. The van der Waals surface area contributed by atoms with E-state index in [0.717, 1.165) is 45.6 Å². The van der Waals surface area contributed by atoms with E-state index in [0.29, 0.717) is 29.4 Å². The maximum atomic E-state index is 13.2. The number of carbonyl (C=O) groups excluding carboxylic acids is 1. The Morgan fingerprint density at radius 2 is 1.83 bits per heavy atom. The summed E-state index contributed by atoms with van der Waals surface area (Å²) in [4.78, 5) is 13.2. The second-order valence-corrected chi connectivity index (χ2v) is 8.36. The second-order valence-electron chi connectivity index (χ2n) is 8.36. The van der Waals surface area contributed by atoms with Crippen LogP contribution in [-0.4, -0.2) is 24.6 Å². The van der Waals surface area contributed by atoms with Crippen LogP contribution >= 0.6 is 0 Å². The maximum absolute atomic E-state index is 13.2. The summed E-state index contributed by atoms with van der Waals surface area (Å²) < 4.78 is 25.1. The molecule has 35 heavy (non-hydrogen) atoms. The Morgan fingerprint density at radius 1 is 1.00 bits per heavy atom. The van der Waals surface area contributed by atoms with E-state index in [-0.39, 0.29) is 5.78 Å². The van der Waals surface area contributed by atoms with Gasteiger partial charge in [0, 0.05) is 40.3 Å². The Morgan fingerprint density at radius 3 is 2.60 bits per heavy atom. The van der Waals surface area contributed by atoms with Gasteiger partial charge in [-0.25, -0.2) is 0 Å². The van der Waals surface area contributed by atoms with Crippen LogP contribution in [0.3, 0.4) is 0 Å². The minimum absolute atomic E-state index is 0.139. The van der Waals surface area contributed by atoms with Crippen LogP contribution in [0.15, 0.2) is 66.6 Å². The van der Waals surface area contributed by atoms with Crippen molar-refractivity contribution in [1.29, 1.82) is 0 Å². The molecular weight excluding hydrogens is 442 g/mol. The fourth-order valence-electron chi connectivity index (χ4n) is 4.45. The Hall–Kier alpha value is -4.19. The minimum Gasteiger partial charge on any atom is -0.497 e. The SMILES string of the molecule is CCn1cc(/C=C2\Oc3c(ccc(OCc4ccccc4OC)c3C)C2=O)c2cc(OC)ccc21. The van der Waals surface area contributed by atoms with E-state index in [4.69, 9.17) is 18.9 Å². The van der Waals surface area contributed by atoms with Crippen molar-refractivity contribution in [3.05, 3.63) is 88.8 Å². The van der Waals surface area contributed by atoms with Gasteiger partial charge < -0.3 is 23.5 Å². The van der Waals surface area contributed by atoms with E-state index in [1.54, 1.807) is 20.3 Å². The number of hydrogen-bond acceptors (Lipinski definition) is 5. The molecule has 0 saturated heterocycles. The van der Waals surface area contributed by atoms with E-state index in [1.807, 2.05) is 67.7 Å². The van der Waals surface area contributed by atoms with Gasteiger partial charge in [-0.2, -0.15) is 0 Å². The number of aromatic nitrogens is 1. The summed E-state index contributed by atoms with van der Waals surface area (Å²) in [5.74, 6) is 2.89. The molecule has 6 nitrogen and oxygen atoms in total. The Bertz CT molecular complexity index is 1460. The first-order valence-electron chi connectivity index (χ1n) is 11.5. The zero-order chi connectivity index (χ0) is 24.5. The largest absolute Gasteiger partial charge is 0.497 e. The van der Waals surface area contributed by atoms with Gasteiger partial charge in [-0.15, -0.1) is 0 Å². The van der Waals surface area contributed by atoms with Crippen molar-refractivity contribution >= 4 is 22.8 Å². The molecule has 0 N–H and O–H groups in total. The van der Waals surface area contributed by atoms with Gasteiger partial charge in [-0.1, -0.05) is 18.2 Å². The van der Waals surface area contributed by atoms with Crippen LogP contribution in [0, 0.1) is 6.92 Å². The zero-order valence-corrected chi connectivity index (χ0v) is 20.3. The molecule has 1 aliphatic heterocycles. The first kappa shape index (κ1) is 22.6. The van der Waals surface area contributed by atoms with Crippen molar-refractivity contribution in [2.75, 3.05) is 14.2 Å². The number of aryl methyl sites for hydroxylation is 1. The summed E-state index contributed by atoms with van der Waals surface area (Å²) in [5, 5.41) is 1.00. The number of rotatable bonds is 7. The van der Waals surface area contributed by atoms with Gasteiger partial charge in [0.25, 0.3) is 0 Å². The first-order valence-corrected chi connectivity index (χ1v) is 11.5. The first-order chi connectivity index (χ1) is 17.0. The molecule has 0 atom stereocenters. The topological polar surface area (TPSA) is 58.9 Å². The van der Waals surface area contributed by atoms with Crippen LogP contribution in [0.4, 0.5) is 0 Å². The number of allylic oxidation sites excluding steroid dienone is 1. The van der Waals surface area contributed by atoms with Gasteiger partial charge >= 0.3 is 0 Å². The van der Waals surface area contributed by atoms with Crippen LogP contribution in [0.2, 0.25) is 0 Å². The molecule has 0 unspecified atom stereocenters. The van der Waals surface area contributed by atoms with Gasteiger partial charge in [0.15, 0.2) is 5.76 Å². The molecule has 0 fully saturated rings. The molecule has 0 spiro atoms. The van der Waals surface area contributed by atoms with Gasteiger partial charge in [-0.05, 0) is 56.3 Å². The highest BCUT2D eigenvalue weighted by Gasteiger charge is 2.30. The van der Waals surface area contributed by atoms with Crippen LogP contribution in [0.1, 0.15) is 34.0 Å². The van der Waals surface area contributed by atoms with E-state index in [1.165, 1.54) is 0 Å². The molecule has 178 valence electrons. The Balaban J connectivity index is 1.45. The fraction of sp³-hybridized carbons (Fsp3) is 0.207. The average Bonchev–Trinajstić information content (AvgIpc) is 3.41. The lowest BCUT2D eigenvalue weighted by atomic mass is 10.1. The van der Waals surface area contributed by atoms with Crippen LogP contribution in [0.5, 0.6) is 23.0 Å². The van der Waals surface area contributed by atoms with Gasteiger partial charge in [-0.3, -0.25) is 4.79 Å². The highest BCUT2D eigenvalue weighted by Crippen LogP contribution is 2.40. The monoisotopic (exact) mass is 469 g/mol. The van der Waals surface area contributed by atoms with Crippen LogP contribution < -0.4 is 18.9 Å². The third-order valence-corrected chi connectivity index (χ3v) is 6.36. The normalized spacial score (nSPS) is 13.7. The molecule has 0 amide bonds. The molecule has 1 aliphatic rings. The lowest BCUT2D eigenvalue weighted by molar-refractivity contribution is 0.101. The molecule has 4 aromatic rings. The van der Waals surface area contributed by atoms with E-state index in [9.17, 15) is 4.79 Å². The van der Waals surface area contributed by atoms with Gasteiger partial charge in [0.2, 0.25) is 5.78 Å². The highest BCUT2D eigenvalue weighted by atomic mass is 16.5. The smallest absolute Gasteiger partial charge is 0.231 e. The third kappa shape index (κ3) is 4.01. The molecule has 2 heterocycles. The predicted octanol–water partition coefficient (Wildman–Crippen LogP) is 6.18. The van der Waals surface area contributed by atoms with Crippen molar-refractivity contribution in [3.8, 4) is 23.0 Å². The summed E-state index contributed by atoms with van der Waals surface area (Å²) >= 11 is 0. The number of hydrogen-bond donors (Lipinski definition) is 0. The van der Waals surface area contributed by atoms with Crippen molar-refractivity contribution in [2.24, 2.45) is 0 Å². The number of carbonyl (C=O) groups is 1. The van der Waals surface area contributed by atoms with Crippen LogP contribution in [0.25, 0.3) is 17.0 Å². The van der Waals surface area contributed by atoms with Crippen molar-refractivity contribution in [1.82, 2.24) is 4.57 Å². The third-order valence-electron chi connectivity index (χ3n) is 6.36. The zero-order valence-electron chi connectivity index (χ0n) is 20.3. The second kappa shape index (κ2) is 9.22. The lowest BCUT2D eigenvalue weighted by Gasteiger charge is -2.13. The number of ether oxygens (including phenoxy) is 4. The molecule has 0 radical (unpaired) electrons. The summed E-state index contributed by atoms with van der Waals surface area (Å²) in [6, 6.07) is 17.3. The summed E-state index contributed by atoms with van der Waals surface area (Å²) in [7, 11) is 3.29. The number of Topliss-reactive ketones (excluding diaryl/α,β-unsaturated/α-hetero) is 1. The van der Waals surface area contributed by atoms with E-state index < -0.39 is 0 Å². The Kier molecular flexibility index (Phi) is 5.95. The molecular formula is C29H27NO5. The maximum Gasteiger partial charge on any atom is 0.231 e. The fourth-order valence-corrected chi connectivity index (χ4v) is 4.45. The van der Waals surface area contributed by atoms with Crippen molar-refractivity contribution in [2.45, 2.75) is 27.0 Å². The van der Waals surface area contributed by atoms with E-state index in [2.05, 4.69) is 11.5 Å². The van der Waals surface area contributed by atoms with Gasteiger partial charge in [0.05, 0.1) is 19.8 Å². The number of para-hydroxylation sites is 1. The van der Waals surface area contributed by atoms with Gasteiger partial charge in [0.1, 0.15) is 29.6 Å². The summed E-state index contributed by atoms with van der Waals surface area (Å²) in [6.07, 6.45) is 3.84. The minimum atomic E-state index is -0.139. The standard InChI is InChI=1S/C29H27NO5/c1-5-30-16-20(23-15-21(32-3)10-12-24(23)30)14-27-28(31)22-11-13-25(18(2)29(22)35-27)34-17-19-8-6-7-9-26(19)33-4/h6-16H,5,17H2,1-4H3/b27-14-. The molecule has 5 rings (SSSR count). The van der Waals surface area contributed by atoms with Crippen molar-refractivity contribution in [3.63, 3.8) is 0 Å².